The summed E-state index contributed by atoms with van der Waals surface area (Å²) in [5, 5.41) is 1.38. The van der Waals surface area contributed by atoms with E-state index in [-0.39, 0.29) is 5.97 Å². The predicted molar refractivity (Wildman–Crippen MR) is 132 cm³/mol. The van der Waals surface area contributed by atoms with E-state index in [0.29, 0.717) is 34.6 Å². The molecule has 0 saturated heterocycles. The minimum absolute atomic E-state index is 0.273. The van der Waals surface area contributed by atoms with E-state index in [9.17, 15) is 4.79 Å². The van der Waals surface area contributed by atoms with Crippen molar-refractivity contribution in [3.05, 3.63) is 65.1 Å². The normalized spacial score (nSPS) is 11.6. The highest BCUT2D eigenvalue weighted by molar-refractivity contribution is 6.31. The topological polar surface area (TPSA) is 61.4 Å². The fourth-order valence-electron chi connectivity index (χ4n) is 4.20. The Morgan fingerprint density at radius 2 is 1.88 bits per heavy atom. The van der Waals surface area contributed by atoms with Crippen LogP contribution in [-0.2, 0) is 11.2 Å². The van der Waals surface area contributed by atoms with Crippen LogP contribution in [0.15, 0.2) is 48.7 Å². The zero-order chi connectivity index (χ0) is 23.1. The van der Waals surface area contributed by atoms with Gasteiger partial charge < -0.3 is 4.74 Å². The van der Waals surface area contributed by atoms with Crippen molar-refractivity contribution in [1.82, 2.24) is 18.9 Å². The maximum absolute atomic E-state index is 12.5. The van der Waals surface area contributed by atoms with E-state index in [1.54, 1.807) is 0 Å². The van der Waals surface area contributed by atoms with Crippen LogP contribution in [0.4, 0.5) is 0 Å². The SMILES string of the molecule is CCCC(=O)Oc1cn(-c2ccc(C)c(Cl)c2)c2nc(CCC)n3c4ccccc4nc3c12. The number of esters is 1. The van der Waals surface area contributed by atoms with Crippen molar-refractivity contribution in [3.63, 3.8) is 0 Å². The molecule has 33 heavy (non-hydrogen) atoms. The molecule has 0 aliphatic rings. The fraction of sp³-hybridized carbons (Fsp3) is 0.269. The minimum atomic E-state index is -0.273. The summed E-state index contributed by atoms with van der Waals surface area (Å²) in [5.41, 5.74) is 5.14. The number of carbonyl (C=O) groups is 1. The fourth-order valence-corrected chi connectivity index (χ4v) is 4.37. The Labute approximate surface area is 196 Å². The first-order valence-electron chi connectivity index (χ1n) is 11.3. The quantitative estimate of drug-likeness (QED) is 0.273. The molecule has 0 atom stereocenters. The van der Waals surface area contributed by atoms with Gasteiger partial charge in [0.05, 0.1) is 17.2 Å². The molecule has 6 nitrogen and oxygen atoms in total. The third kappa shape index (κ3) is 3.64. The van der Waals surface area contributed by atoms with Crippen LogP contribution in [0.3, 0.4) is 0 Å². The number of benzene rings is 2. The van der Waals surface area contributed by atoms with Gasteiger partial charge in [-0.15, -0.1) is 0 Å². The van der Waals surface area contributed by atoms with Gasteiger partial charge in [0.1, 0.15) is 11.2 Å². The van der Waals surface area contributed by atoms with E-state index >= 15 is 0 Å². The van der Waals surface area contributed by atoms with Crippen LogP contribution in [-0.4, -0.2) is 24.9 Å². The van der Waals surface area contributed by atoms with Gasteiger partial charge in [-0.2, -0.15) is 0 Å². The summed E-state index contributed by atoms with van der Waals surface area (Å²) in [4.78, 5) is 22.5. The van der Waals surface area contributed by atoms with Gasteiger partial charge in [0.15, 0.2) is 17.0 Å². The van der Waals surface area contributed by atoms with E-state index in [0.717, 1.165) is 46.6 Å². The average Bonchev–Trinajstić information content (AvgIpc) is 3.35. The van der Waals surface area contributed by atoms with Crippen molar-refractivity contribution in [2.24, 2.45) is 0 Å². The van der Waals surface area contributed by atoms with Gasteiger partial charge in [-0.3, -0.25) is 13.8 Å². The number of rotatable bonds is 6. The van der Waals surface area contributed by atoms with Crippen molar-refractivity contribution in [3.8, 4) is 11.4 Å². The maximum atomic E-state index is 12.5. The highest BCUT2D eigenvalue weighted by Crippen LogP contribution is 2.36. The summed E-state index contributed by atoms with van der Waals surface area (Å²) < 4.78 is 9.87. The van der Waals surface area contributed by atoms with Crippen LogP contribution in [0.1, 0.15) is 44.5 Å². The molecule has 0 aliphatic carbocycles. The van der Waals surface area contributed by atoms with Crippen molar-refractivity contribution >= 4 is 45.3 Å². The summed E-state index contributed by atoms with van der Waals surface area (Å²) in [6.07, 6.45) is 4.61. The molecule has 0 saturated carbocycles. The summed E-state index contributed by atoms with van der Waals surface area (Å²) >= 11 is 6.44. The van der Waals surface area contributed by atoms with Gasteiger partial charge in [-0.25, -0.2) is 9.97 Å². The van der Waals surface area contributed by atoms with Crippen LogP contribution >= 0.6 is 11.6 Å². The lowest BCUT2D eigenvalue weighted by Crippen LogP contribution is -2.07. The molecular weight excluding hydrogens is 436 g/mol. The molecule has 0 amide bonds. The van der Waals surface area contributed by atoms with Crippen LogP contribution in [0.2, 0.25) is 5.02 Å². The predicted octanol–water partition coefficient (Wildman–Crippen LogP) is 6.45. The number of fused-ring (bicyclic) bond motifs is 5. The smallest absolute Gasteiger partial charge is 0.311 e. The number of halogens is 1. The highest BCUT2D eigenvalue weighted by Gasteiger charge is 2.23. The number of carbonyl (C=O) groups excluding carboxylic acids is 1. The zero-order valence-corrected chi connectivity index (χ0v) is 19.7. The molecule has 0 radical (unpaired) electrons. The molecule has 0 bridgehead atoms. The Bertz CT molecular complexity index is 1520. The molecule has 3 heterocycles. The molecule has 0 fully saturated rings. The first kappa shape index (κ1) is 21.5. The zero-order valence-electron chi connectivity index (χ0n) is 18.9. The summed E-state index contributed by atoms with van der Waals surface area (Å²) in [6, 6.07) is 13.9. The van der Waals surface area contributed by atoms with Gasteiger partial charge in [-0.05, 0) is 49.6 Å². The van der Waals surface area contributed by atoms with Gasteiger partial charge >= 0.3 is 5.97 Å². The Morgan fingerprint density at radius 1 is 1.06 bits per heavy atom. The Kier molecular flexibility index (Phi) is 5.54. The standard InChI is InChI=1S/C26H25ClN4O2/c1-4-8-22-29-25-24(26-28-19-10-6-7-11-20(19)31(22)26)21(33-23(32)9-5-2)15-30(25)17-13-12-16(3)18(27)14-17/h6-7,10-15H,4-5,8-9H2,1-3H3. The lowest BCUT2D eigenvalue weighted by molar-refractivity contribution is -0.134. The van der Waals surface area contributed by atoms with E-state index in [2.05, 4.69) is 11.3 Å². The molecule has 0 aliphatic heterocycles. The number of aromatic nitrogens is 4. The lowest BCUT2D eigenvalue weighted by atomic mass is 10.2. The first-order chi connectivity index (χ1) is 16.0. The first-order valence-corrected chi connectivity index (χ1v) is 11.7. The van der Waals surface area contributed by atoms with Gasteiger partial charge in [0.25, 0.3) is 0 Å². The number of imidazole rings is 1. The Morgan fingerprint density at radius 3 is 2.64 bits per heavy atom. The molecular formula is C26H25ClN4O2. The molecule has 168 valence electrons. The van der Waals surface area contributed by atoms with Crippen molar-refractivity contribution in [2.75, 3.05) is 0 Å². The Hall–Kier alpha value is -3.38. The lowest BCUT2D eigenvalue weighted by Gasteiger charge is -2.10. The van der Waals surface area contributed by atoms with E-state index in [4.69, 9.17) is 26.3 Å². The molecule has 3 aromatic heterocycles. The van der Waals surface area contributed by atoms with E-state index in [1.165, 1.54) is 0 Å². The molecule has 5 aromatic rings. The Balaban J connectivity index is 1.88. The number of nitrogens with zero attached hydrogens (tertiary/aromatic N) is 4. The summed E-state index contributed by atoms with van der Waals surface area (Å²) in [5.74, 6) is 1.10. The summed E-state index contributed by atoms with van der Waals surface area (Å²) in [6.45, 7) is 6.06. The van der Waals surface area contributed by atoms with Gasteiger partial charge in [0.2, 0.25) is 0 Å². The molecule has 0 N–H and O–H groups in total. The number of hydrogen-bond acceptors (Lipinski definition) is 4. The summed E-state index contributed by atoms with van der Waals surface area (Å²) in [7, 11) is 0. The third-order valence-electron chi connectivity index (χ3n) is 5.81. The molecule has 0 spiro atoms. The largest absolute Gasteiger partial charge is 0.424 e. The van der Waals surface area contributed by atoms with Gasteiger partial charge in [0, 0.05) is 23.6 Å². The minimum Gasteiger partial charge on any atom is -0.424 e. The van der Waals surface area contributed by atoms with Crippen molar-refractivity contribution in [2.45, 2.75) is 46.5 Å². The van der Waals surface area contributed by atoms with Crippen molar-refractivity contribution < 1.29 is 9.53 Å². The number of para-hydroxylation sites is 2. The van der Waals surface area contributed by atoms with Crippen LogP contribution < -0.4 is 4.74 Å². The number of hydrogen-bond donors (Lipinski definition) is 0. The number of ether oxygens (including phenoxy) is 1. The highest BCUT2D eigenvalue weighted by atomic mass is 35.5. The maximum Gasteiger partial charge on any atom is 0.311 e. The van der Waals surface area contributed by atoms with Crippen LogP contribution in [0.5, 0.6) is 5.75 Å². The average molecular weight is 461 g/mol. The molecule has 2 aromatic carbocycles. The molecule has 0 unspecified atom stereocenters. The monoisotopic (exact) mass is 460 g/mol. The molecule has 7 heteroatoms. The third-order valence-corrected chi connectivity index (χ3v) is 6.21. The second-order valence-corrected chi connectivity index (χ2v) is 8.66. The number of aryl methyl sites for hydroxylation is 2. The van der Waals surface area contributed by atoms with Crippen LogP contribution in [0.25, 0.3) is 33.4 Å². The second-order valence-electron chi connectivity index (χ2n) is 8.26. The van der Waals surface area contributed by atoms with E-state index < -0.39 is 0 Å². The van der Waals surface area contributed by atoms with E-state index in [1.807, 2.05) is 67.1 Å². The van der Waals surface area contributed by atoms with Crippen LogP contribution in [0, 0.1) is 6.92 Å². The molecule has 5 rings (SSSR count). The second kappa shape index (κ2) is 8.52. The van der Waals surface area contributed by atoms with Gasteiger partial charge in [-0.1, -0.05) is 43.6 Å². The van der Waals surface area contributed by atoms with Crippen molar-refractivity contribution in [1.29, 1.82) is 0 Å².